The van der Waals surface area contributed by atoms with Crippen molar-refractivity contribution in [1.29, 1.82) is 0 Å². The van der Waals surface area contributed by atoms with Crippen molar-refractivity contribution in [3.8, 4) is 62.1 Å². The summed E-state index contributed by atoms with van der Waals surface area (Å²) in [6.45, 7) is 0. The number of rotatable bonds is 6. The lowest BCUT2D eigenvalue weighted by Crippen LogP contribution is -2.20. The van der Waals surface area contributed by atoms with Gasteiger partial charge in [0, 0.05) is 23.7 Å². The largest absolute Gasteiger partial charge is 0.333 e. The number of nitrogens with zero attached hydrogens (tertiary/aromatic N) is 5. The summed E-state index contributed by atoms with van der Waals surface area (Å²) in [5.41, 5.74) is 9.44. The van der Waals surface area contributed by atoms with Crippen LogP contribution in [0.3, 0.4) is 0 Å². The first-order valence-electron chi connectivity index (χ1n) is 15.5. The number of para-hydroxylation sites is 1. The number of hydrogen-bond acceptors (Lipinski definition) is 4. The van der Waals surface area contributed by atoms with Crippen LogP contribution in [0.5, 0.6) is 0 Å². The molecule has 47 heavy (non-hydrogen) atoms. The van der Waals surface area contributed by atoms with Crippen molar-refractivity contribution in [3.63, 3.8) is 0 Å². The van der Waals surface area contributed by atoms with E-state index in [1.54, 1.807) is 9.13 Å². The third-order valence-electron chi connectivity index (χ3n) is 8.47. The third-order valence-corrected chi connectivity index (χ3v) is 8.47. The third kappa shape index (κ3) is 5.22. The average molecular weight is 608 g/mol. The molecule has 6 nitrogen and oxygen atoms in total. The molecule has 8 rings (SSSR count). The van der Waals surface area contributed by atoms with Crippen LogP contribution in [0.15, 0.2) is 163 Å². The second-order valence-electron chi connectivity index (χ2n) is 11.4. The Bertz CT molecular complexity index is 2410. The molecule has 0 aliphatic carbocycles. The molecule has 0 atom stereocenters. The van der Waals surface area contributed by atoms with Crippen molar-refractivity contribution >= 4 is 11.0 Å². The minimum atomic E-state index is -0.0765. The molecule has 0 spiro atoms. The summed E-state index contributed by atoms with van der Waals surface area (Å²) in [5.74, 6) is 1.83. The SMILES string of the molecule is Cn1c(=O)n(-c2ccccc2)c2cc(-c3ccc(-c4nc(-c5ccccc5)nc(-c5ccccc5-c5ccccc5)n4)cc3)ccc21. The van der Waals surface area contributed by atoms with Gasteiger partial charge >= 0.3 is 5.69 Å². The first kappa shape index (κ1) is 28.1. The summed E-state index contributed by atoms with van der Waals surface area (Å²) >= 11 is 0. The first-order valence-corrected chi connectivity index (χ1v) is 15.5. The second-order valence-corrected chi connectivity index (χ2v) is 11.4. The molecule has 0 aliphatic heterocycles. The topological polar surface area (TPSA) is 65.6 Å². The Morgan fingerprint density at radius 2 is 0.915 bits per heavy atom. The fraction of sp³-hybridized carbons (Fsp3) is 0.0244. The molecule has 0 N–H and O–H groups in total. The molecule has 0 amide bonds. The molecule has 6 heteroatoms. The monoisotopic (exact) mass is 607 g/mol. The van der Waals surface area contributed by atoms with Crippen LogP contribution >= 0.6 is 0 Å². The lowest BCUT2D eigenvalue weighted by molar-refractivity contribution is 0.846. The molecule has 0 saturated carbocycles. The smallest absolute Gasteiger partial charge is 0.295 e. The minimum Gasteiger partial charge on any atom is -0.295 e. The van der Waals surface area contributed by atoms with Gasteiger partial charge in [0.1, 0.15) is 0 Å². The van der Waals surface area contributed by atoms with Gasteiger partial charge in [-0.15, -0.1) is 0 Å². The van der Waals surface area contributed by atoms with Crippen LogP contribution in [0, 0.1) is 0 Å². The fourth-order valence-corrected chi connectivity index (χ4v) is 6.05. The predicted octanol–water partition coefficient (Wildman–Crippen LogP) is 8.85. The summed E-state index contributed by atoms with van der Waals surface area (Å²) < 4.78 is 3.45. The lowest BCUT2D eigenvalue weighted by atomic mass is 9.99. The van der Waals surface area contributed by atoms with Crippen molar-refractivity contribution < 1.29 is 0 Å². The highest BCUT2D eigenvalue weighted by atomic mass is 16.1. The summed E-state index contributed by atoms with van der Waals surface area (Å²) in [6.07, 6.45) is 0. The van der Waals surface area contributed by atoms with Gasteiger partial charge in [-0.25, -0.2) is 19.7 Å². The maximum Gasteiger partial charge on any atom is 0.333 e. The zero-order valence-electron chi connectivity index (χ0n) is 25.7. The van der Waals surface area contributed by atoms with E-state index in [9.17, 15) is 4.79 Å². The van der Waals surface area contributed by atoms with Gasteiger partial charge in [0.25, 0.3) is 0 Å². The second kappa shape index (κ2) is 11.8. The van der Waals surface area contributed by atoms with E-state index in [-0.39, 0.29) is 5.69 Å². The molecule has 6 aromatic carbocycles. The summed E-state index contributed by atoms with van der Waals surface area (Å²) in [7, 11) is 1.81. The molecule has 8 aromatic rings. The van der Waals surface area contributed by atoms with Gasteiger partial charge in [-0.2, -0.15) is 0 Å². The Morgan fingerprint density at radius 3 is 1.57 bits per heavy atom. The van der Waals surface area contributed by atoms with Crippen LogP contribution in [0.4, 0.5) is 0 Å². The lowest BCUT2D eigenvalue weighted by Gasteiger charge is -2.12. The van der Waals surface area contributed by atoms with Crippen LogP contribution in [-0.4, -0.2) is 24.1 Å². The Balaban J connectivity index is 1.22. The Morgan fingerprint density at radius 1 is 0.426 bits per heavy atom. The van der Waals surface area contributed by atoms with Gasteiger partial charge < -0.3 is 0 Å². The highest BCUT2D eigenvalue weighted by molar-refractivity contribution is 5.85. The normalized spacial score (nSPS) is 11.2. The van der Waals surface area contributed by atoms with E-state index in [1.807, 2.05) is 116 Å². The number of aryl methyl sites for hydroxylation is 1. The summed E-state index contributed by atoms with van der Waals surface area (Å²) in [5, 5.41) is 0. The maximum absolute atomic E-state index is 13.2. The number of fused-ring (bicyclic) bond motifs is 1. The Labute approximate surface area is 271 Å². The number of hydrogen-bond donors (Lipinski definition) is 0. The number of aromatic nitrogens is 5. The van der Waals surface area contributed by atoms with E-state index in [0.717, 1.165) is 55.7 Å². The average Bonchev–Trinajstić information content (AvgIpc) is 3.40. The van der Waals surface area contributed by atoms with E-state index in [1.165, 1.54) is 0 Å². The maximum atomic E-state index is 13.2. The Hall–Kier alpha value is -6.40. The molecule has 2 aromatic heterocycles. The van der Waals surface area contributed by atoms with Crippen molar-refractivity contribution in [2.45, 2.75) is 0 Å². The molecule has 0 unspecified atom stereocenters. The van der Waals surface area contributed by atoms with Gasteiger partial charge in [-0.05, 0) is 46.5 Å². The molecule has 2 heterocycles. The first-order chi connectivity index (χ1) is 23.1. The molecular weight excluding hydrogens is 578 g/mol. The van der Waals surface area contributed by atoms with E-state index in [0.29, 0.717) is 17.5 Å². The van der Waals surface area contributed by atoms with E-state index in [2.05, 4.69) is 48.5 Å². The van der Waals surface area contributed by atoms with E-state index < -0.39 is 0 Å². The van der Waals surface area contributed by atoms with E-state index >= 15 is 0 Å². The van der Waals surface area contributed by atoms with Crippen LogP contribution < -0.4 is 5.69 Å². The summed E-state index contributed by atoms with van der Waals surface area (Å²) in [6, 6.07) is 52.7. The molecule has 224 valence electrons. The number of benzene rings is 6. The van der Waals surface area contributed by atoms with Crippen LogP contribution in [0.25, 0.3) is 73.1 Å². The molecule has 0 radical (unpaired) electrons. The van der Waals surface area contributed by atoms with Crippen LogP contribution in [-0.2, 0) is 7.05 Å². The van der Waals surface area contributed by atoms with E-state index in [4.69, 9.17) is 15.0 Å². The van der Waals surface area contributed by atoms with Crippen LogP contribution in [0.2, 0.25) is 0 Å². The quantitative estimate of drug-likeness (QED) is 0.189. The van der Waals surface area contributed by atoms with Crippen LogP contribution in [0.1, 0.15) is 0 Å². The van der Waals surface area contributed by atoms with Crippen molar-refractivity contribution in [1.82, 2.24) is 24.1 Å². The highest BCUT2D eigenvalue weighted by Gasteiger charge is 2.17. The van der Waals surface area contributed by atoms with Gasteiger partial charge in [-0.3, -0.25) is 9.13 Å². The van der Waals surface area contributed by atoms with Gasteiger partial charge in [-0.1, -0.05) is 133 Å². The Kier molecular flexibility index (Phi) is 7.08. The zero-order valence-corrected chi connectivity index (χ0v) is 25.7. The fourth-order valence-electron chi connectivity index (χ4n) is 6.05. The minimum absolute atomic E-state index is 0.0765. The molecule has 0 bridgehead atoms. The number of imidazole rings is 1. The van der Waals surface area contributed by atoms with Crippen molar-refractivity contribution in [2.24, 2.45) is 7.05 Å². The molecular formula is C41H29N5O. The van der Waals surface area contributed by atoms with Gasteiger partial charge in [0.05, 0.1) is 16.7 Å². The standard InChI is InChI=1S/C41H29N5O/c1-45-36-26-25-32(27-37(36)46(41(45)47)33-17-9-4-10-18-33)28-21-23-31(24-22-28)39-42-38(30-15-7-3-8-16-30)43-40(44-39)35-20-12-11-19-34(35)29-13-5-2-6-14-29/h2-27H,1H3. The highest BCUT2D eigenvalue weighted by Crippen LogP contribution is 2.33. The summed E-state index contributed by atoms with van der Waals surface area (Å²) in [4.78, 5) is 28.1. The zero-order chi connectivity index (χ0) is 31.7. The molecule has 0 saturated heterocycles. The van der Waals surface area contributed by atoms with Crippen molar-refractivity contribution in [2.75, 3.05) is 0 Å². The predicted molar refractivity (Wildman–Crippen MR) is 189 cm³/mol. The van der Waals surface area contributed by atoms with Gasteiger partial charge in [0.15, 0.2) is 17.5 Å². The van der Waals surface area contributed by atoms with Crippen molar-refractivity contribution in [3.05, 3.63) is 168 Å². The molecule has 0 fully saturated rings. The van der Waals surface area contributed by atoms with Gasteiger partial charge in [0.2, 0.25) is 0 Å². The molecule has 0 aliphatic rings.